The van der Waals surface area contributed by atoms with Crippen molar-refractivity contribution in [3.63, 3.8) is 0 Å². The van der Waals surface area contributed by atoms with Crippen molar-refractivity contribution >= 4 is 11.6 Å². The highest BCUT2D eigenvalue weighted by Crippen LogP contribution is 2.27. The van der Waals surface area contributed by atoms with E-state index in [4.69, 9.17) is 9.47 Å². The Labute approximate surface area is 177 Å². The molecule has 1 aromatic heterocycles. The molecule has 1 N–H and O–H groups in total. The van der Waals surface area contributed by atoms with E-state index in [9.17, 15) is 4.79 Å². The van der Waals surface area contributed by atoms with E-state index in [0.29, 0.717) is 17.1 Å². The molecule has 1 aliphatic rings. The van der Waals surface area contributed by atoms with Gasteiger partial charge in [0.15, 0.2) is 0 Å². The zero-order valence-corrected chi connectivity index (χ0v) is 17.6. The summed E-state index contributed by atoms with van der Waals surface area (Å²) in [6, 6.07) is 17.6. The number of carbonyl (C=O) groups is 1. The normalized spacial score (nSPS) is 13.6. The zero-order chi connectivity index (χ0) is 21.1. The fourth-order valence-electron chi connectivity index (χ4n) is 4.07. The average molecular weight is 405 g/mol. The maximum atomic E-state index is 12.9. The molecule has 0 spiro atoms. The number of nitrogens with one attached hydrogen (secondary N) is 1. The van der Waals surface area contributed by atoms with Crippen molar-refractivity contribution < 1.29 is 14.3 Å². The molecule has 0 radical (unpaired) electrons. The van der Waals surface area contributed by atoms with Gasteiger partial charge in [-0.3, -0.25) is 9.69 Å². The number of nitrogens with zero attached hydrogens (tertiary/aromatic N) is 2. The largest absolute Gasteiger partial charge is 0.497 e. The molecule has 0 saturated heterocycles. The number of ether oxygens (including phenoxy) is 2. The van der Waals surface area contributed by atoms with Gasteiger partial charge in [0.2, 0.25) is 0 Å². The molecule has 3 aromatic rings. The van der Waals surface area contributed by atoms with E-state index >= 15 is 0 Å². The third kappa shape index (κ3) is 4.04. The molecule has 0 atom stereocenters. The number of hydrogen-bond donors (Lipinski definition) is 1. The highest BCUT2D eigenvalue weighted by Gasteiger charge is 2.24. The van der Waals surface area contributed by atoms with Crippen molar-refractivity contribution in [2.75, 3.05) is 26.1 Å². The van der Waals surface area contributed by atoms with E-state index in [-0.39, 0.29) is 5.91 Å². The van der Waals surface area contributed by atoms with Crippen LogP contribution in [-0.4, -0.2) is 36.1 Å². The second-order valence-corrected chi connectivity index (χ2v) is 7.53. The van der Waals surface area contributed by atoms with Gasteiger partial charge in [-0.1, -0.05) is 24.3 Å². The molecule has 1 amide bonds. The molecule has 0 bridgehead atoms. The van der Waals surface area contributed by atoms with Crippen LogP contribution in [0.25, 0.3) is 0 Å². The fraction of sp³-hybridized carbons (Fsp3) is 0.292. The van der Waals surface area contributed by atoms with Crippen LogP contribution in [0.3, 0.4) is 0 Å². The molecule has 2 heterocycles. The molecule has 6 heteroatoms. The van der Waals surface area contributed by atoms with Gasteiger partial charge in [-0.05, 0) is 41.5 Å². The van der Waals surface area contributed by atoms with Crippen molar-refractivity contribution in [1.82, 2.24) is 9.47 Å². The first-order valence-electron chi connectivity index (χ1n) is 10.1. The predicted octanol–water partition coefficient (Wildman–Crippen LogP) is 3.85. The number of methoxy groups -OCH3 is 2. The molecular weight excluding hydrogens is 378 g/mol. The lowest BCUT2D eigenvalue weighted by Crippen LogP contribution is -2.30. The van der Waals surface area contributed by atoms with Crippen molar-refractivity contribution in [2.45, 2.75) is 19.5 Å². The number of hydrogen-bond acceptors (Lipinski definition) is 4. The van der Waals surface area contributed by atoms with Crippen LogP contribution in [0.2, 0.25) is 0 Å². The summed E-state index contributed by atoms with van der Waals surface area (Å²) in [6.07, 6.45) is 0.914. The molecular formula is C24H27N3O3. The minimum Gasteiger partial charge on any atom is -0.497 e. The highest BCUT2D eigenvalue weighted by molar-refractivity contribution is 6.04. The number of fused-ring (bicyclic) bond motifs is 1. The predicted molar refractivity (Wildman–Crippen MR) is 117 cm³/mol. The highest BCUT2D eigenvalue weighted by atomic mass is 16.5. The molecule has 0 aliphatic carbocycles. The van der Waals surface area contributed by atoms with Gasteiger partial charge in [-0.15, -0.1) is 0 Å². The summed E-state index contributed by atoms with van der Waals surface area (Å²) in [4.78, 5) is 15.4. The monoisotopic (exact) mass is 405 g/mol. The summed E-state index contributed by atoms with van der Waals surface area (Å²) in [5, 5.41) is 2.98. The van der Waals surface area contributed by atoms with Crippen LogP contribution in [-0.2, 0) is 26.6 Å². The van der Waals surface area contributed by atoms with Crippen LogP contribution in [0.15, 0.2) is 54.6 Å². The third-order valence-corrected chi connectivity index (χ3v) is 5.63. The first-order chi connectivity index (χ1) is 14.6. The molecule has 4 rings (SSSR count). The summed E-state index contributed by atoms with van der Waals surface area (Å²) in [5.41, 5.74) is 4.99. The lowest BCUT2D eigenvalue weighted by atomic mass is 10.1. The van der Waals surface area contributed by atoms with Gasteiger partial charge in [-0.2, -0.15) is 0 Å². The van der Waals surface area contributed by atoms with E-state index < -0.39 is 0 Å². The Morgan fingerprint density at radius 1 is 1.07 bits per heavy atom. The lowest BCUT2D eigenvalue weighted by molar-refractivity contribution is 0.101. The second kappa shape index (κ2) is 8.63. The second-order valence-electron chi connectivity index (χ2n) is 7.53. The summed E-state index contributed by atoms with van der Waals surface area (Å²) in [5.74, 6) is 1.39. The van der Waals surface area contributed by atoms with Gasteiger partial charge in [0.05, 0.1) is 19.9 Å². The topological polar surface area (TPSA) is 55.7 Å². The van der Waals surface area contributed by atoms with Crippen LogP contribution >= 0.6 is 0 Å². The van der Waals surface area contributed by atoms with Crippen molar-refractivity contribution in [2.24, 2.45) is 7.05 Å². The van der Waals surface area contributed by atoms with Gasteiger partial charge >= 0.3 is 0 Å². The summed E-state index contributed by atoms with van der Waals surface area (Å²) < 4.78 is 12.7. The number of anilines is 1. The molecule has 0 saturated carbocycles. The fourth-order valence-corrected chi connectivity index (χ4v) is 4.07. The Hall–Kier alpha value is -3.25. The van der Waals surface area contributed by atoms with Gasteiger partial charge in [-0.25, -0.2) is 0 Å². The minimum absolute atomic E-state index is 0.129. The number of benzene rings is 2. The number of para-hydroxylation sites is 2. The van der Waals surface area contributed by atoms with Gasteiger partial charge in [0.25, 0.3) is 5.91 Å². The van der Waals surface area contributed by atoms with Crippen LogP contribution in [0.1, 0.15) is 27.3 Å². The quantitative estimate of drug-likeness (QED) is 0.677. The lowest BCUT2D eigenvalue weighted by Gasteiger charge is -2.27. The Bertz CT molecular complexity index is 1060. The summed E-state index contributed by atoms with van der Waals surface area (Å²) >= 11 is 0. The zero-order valence-electron chi connectivity index (χ0n) is 17.6. The van der Waals surface area contributed by atoms with Crippen LogP contribution in [0, 0.1) is 0 Å². The Morgan fingerprint density at radius 3 is 2.70 bits per heavy atom. The first-order valence-corrected chi connectivity index (χ1v) is 10.1. The molecule has 2 aromatic carbocycles. The van der Waals surface area contributed by atoms with E-state index in [2.05, 4.69) is 22.3 Å². The number of carbonyl (C=O) groups excluding carboxylic acids is 1. The van der Waals surface area contributed by atoms with Gasteiger partial charge in [0.1, 0.15) is 17.2 Å². The van der Waals surface area contributed by atoms with E-state index in [1.165, 1.54) is 16.8 Å². The van der Waals surface area contributed by atoms with Gasteiger partial charge < -0.3 is 19.4 Å². The van der Waals surface area contributed by atoms with E-state index in [1.54, 1.807) is 14.2 Å². The van der Waals surface area contributed by atoms with Crippen molar-refractivity contribution in [3.05, 3.63) is 77.1 Å². The van der Waals surface area contributed by atoms with Crippen molar-refractivity contribution in [3.8, 4) is 11.5 Å². The summed E-state index contributed by atoms with van der Waals surface area (Å²) in [6.45, 7) is 2.63. The Morgan fingerprint density at radius 2 is 1.90 bits per heavy atom. The molecule has 30 heavy (non-hydrogen) atoms. The molecule has 0 unspecified atom stereocenters. The maximum absolute atomic E-state index is 12.9. The van der Waals surface area contributed by atoms with E-state index in [0.717, 1.165) is 31.8 Å². The molecule has 156 valence electrons. The Balaban J connectivity index is 1.49. The number of rotatable bonds is 6. The number of amides is 1. The summed E-state index contributed by atoms with van der Waals surface area (Å²) in [7, 11) is 5.25. The maximum Gasteiger partial charge on any atom is 0.272 e. The third-order valence-electron chi connectivity index (χ3n) is 5.63. The Kier molecular flexibility index (Phi) is 5.77. The van der Waals surface area contributed by atoms with Crippen LogP contribution in [0.5, 0.6) is 11.5 Å². The molecule has 0 fully saturated rings. The standard InChI is InChI=1S/C24H27N3O3/c1-26-21-11-12-27(15-17-7-6-8-19(13-17)29-2)16-18(21)14-22(26)24(28)25-20-9-4-5-10-23(20)30-3/h4-10,13-14H,11-12,15-16H2,1-3H3,(H,25,28). The van der Waals surface area contributed by atoms with Gasteiger partial charge in [0, 0.05) is 38.8 Å². The SMILES string of the molecule is COc1cccc(CN2CCc3c(cc(C(=O)Nc4ccccc4OC)n3C)C2)c1. The average Bonchev–Trinajstić information content (AvgIpc) is 3.10. The molecule has 6 nitrogen and oxygen atoms in total. The van der Waals surface area contributed by atoms with Crippen molar-refractivity contribution in [1.29, 1.82) is 0 Å². The molecule has 1 aliphatic heterocycles. The van der Waals surface area contributed by atoms with Crippen LogP contribution in [0.4, 0.5) is 5.69 Å². The van der Waals surface area contributed by atoms with Crippen LogP contribution < -0.4 is 14.8 Å². The first kappa shape index (κ1) is 20.0. The van der Waals surface area contributed by atoms with E-state index in [1.807, 2.05) is 54.1 Å². The minimum atomic E-state index is -0.129. The smallest absolute Gasteiger partial charge is 0.272 e. The number of aromatic nitrogens is 1.